The van der Waals surface area contributed by atoms with Gasteiger partial charge in [-0.25, -0.2) is 0 Å². The molecule has 0 saturated carbocycles. The van der Waals surface area contributed by atoms with Crippen molar-refractivity contribution in [3.05, 3.63) is 28.7 Å². The molecule has 0 aliphatic carbocycles. The SMILES string of the molecule is Brc1ccc(OCCN2CCC3(CC2)OCCO3)cc1. The van der Waals surface area contributed by atoms with Gasteiger partial charge in [-0.05, 0) is 24.3 Å². The molecule has 2 saturated heterocycles. The molecule has 0 amide bonds. The van der Waals surface area contributed by atoms with Crippen molar-refractivity contribution in [2.24, 2.45) is 0 Å². The molecule has 1 aromatic rings. The highest BCUT2D eigenvalue weighted by atomic mass is 79.9. The van der Waals surface area contributed by atoms with Crippen LogP contribution in [0.15, 0.2) is 28.7 Å². The van der Waals surface area contributed by atoms with Gasteiger partial charge in [0.1, 0.15) is 12.4 Å². The Labute approximate surface area is 128 Å². The van der Waals surface area contributed by atoms with Crippen molar-refractivity contribution in [1.29, 1.82) is 0 Å². The fraction of sp³-hybridized carbons (Fsp3) is 0.600. The first-order valence-corrected chi connectivity index (χ1v) is 7.94. The van der Waals surface area contributed by atoms with Gasteiger partial charge >= 0.3 is 0 Å². The van der Waals surface area contributed by atoms with E-state index in [2.05, 4.69) is 20.8 Å². The zero-order chi connectivity index (χ0) is 13.8. The van der Waals surface area contributed by atoms with Crippen molar-refractivity contribution >= 4 is 15.9 Å². The molecule has 0 atom stereocenters. The Hall–Kier alpha value is -0.620. The molecule has 0 radical (unpaired) electrons. The molecule has 2 aliphatic rings. The first-order chi connectivity index (χ1) is 9.76. The van der Waals surface area contributed by atoms with Crippen LogP contribution in [0.4, 0.5) is 0 Å². The molecule has 3 rings (SSSR count). The third-order valence-electron chi connectivity index (χ3n) is 3.92. The summed E-state index contributed by atoms with van der Waals surface area (Å²) in [6, 6.07) is 7.95. The smallest absolute Gasteiger partial charge is 0.170 e. The van der Waals surface area contributed by atoms with Crippen molar-refractivity contribution in [3.63, 3.8) is 0 Å². The largest absolute Gasteiger partial charge is 0.492 e. The Morgan fingerprint density at radius 2 is 1.75 bits per heavy atom. The standard InChI is InChI=1S/C15H20BrNO3/c16-13-1-3-14(4-2-13)18-10-9-17-7-5-15(6-8-17)19-11-12-20-15/h1-4H,5-12H2. The average molecular weight is 342 g/mol. The molecule has 2 heterocycles. The van der Waals surface area contributed by atoms with Gasteiger partial charge in [-0.3, -0.25) is 4.90 Å². The lowest BCUT2D eigenvalue weighted by Crippen LogP contribution is -2.46. The highest BCUT2D eigenvalue weighted by Gasteiger charge is 2.39. The summed E-state index contributed by atoms with van der Waals surface area (Å²) in [4.78, 5) is 2.41. The number of ether oxygens (including phenoxy) is 3. The van der Waals surface area contributed by atoms with E-state index in [0.717, 1.165) is 62.5 Å². The number of halogens is 1. The quantitative estimate of drug-likeness (QED) is 0.842. The second-order valence-corrected chi connectivity index (χ2v) is 6.17. The Balaban J connectivity index is 1.38. The molecule has 2 fully saturated rings. The van der Waals surface area contributed by atoms with Gasteiger partial charge in [0.05, 0.1) is 13.2 Å². The van der Waals surface area contributed by atoms with Crippen molar-refractivity contribution < 1.29 is 14.2 Å². The predicted molar refractivity (Wildman–Crippen MR) is 79.9 cm³/mol. The lowest BCUT2D eigenvalue weighted by molar-refractivity contribution is -0.185. The second kappa shape index (κ2) is 6.43. The van der Waals surface area contributed by atoms with Crippen LogP contribution in [0.25, 0.3) is 0 Å². The summed E-state index contributed by atoms with van der Waals surface area (Å²) in [5.74, 6) is 0.646. The normalized spacial score (nSPS) is 22.2. The van der Waals surface area contributed by atoms with E-state index in [0.29, 0.717) is 0 Å². The molecule has 2 aliphatic heterocycles. The van der Waals surface area contributed by atoms with Crippen molar-refractivity contribution in [3.8, 4) is 5.75 Å². The van der Waals surface area contributed by atoms with Gasteiger partial charge in [-0.2, -0.15) is 0 Å². The third kappa shape index (κ3) is 3.52. The summed E-state index contributed by atoms with van der Waals surface area (Å²) in [7, 11) is 0. The molecule has 20 heavy (non-hydrogen) atoms. The summed E-state index contributed by atoms with van der Waals surface area (Å²) in [5.41, 5.74) is 0. The molecule has 110 valence electrons. The van der Waals surface area contributed by atoms with Crippen LogP contribution in [0.2, 0.25) is 0 Å². The van der Waals surface area contributed by atoms with Crippen LogP contribution in [0, 0.1) is 0 Å². The second-order valence-electron chi connectivity index (χ2n) is 5.25. The number of rotatable bonds is 4. The van der Waals surface area contributed by atoms with Gasteiger partial charge in [-0.15, -0.1) is 0 Å². The van der Waals surface area contributed by atoms with Crippen molar-refractivity contribution in [1.82, 2.24) is 4.90 Å². The maximum Gasteiger partial charge on any atom is 0.170 e. The van der Waals surface area contributed by atoms with Crippen molar-refractivity contribution in [2.75, 3.05) is 39.5 Å². The zero-order valence-electron chi connectivity index (χ0n) is 11.5. The number of hydrogen-bond donors (Lipinski definition) is 0. The molecule has 4 nitrogen and oxygen atoms in total. The minimum atomic E-state index is -0.275. The van der Waals surface area contributed by atoms with E-state index < -0.39 is 0 Å². The van der Waals surface area contributed by atoms with Crippen LogP contribution >= 0.6 is 15.9 Å². The fourth-order valence-electron chi connectivity index (χ4n) is 2.73. The topological polar surface area (TPSA) is 30.9 Å². The van der Waals surface area contributed by atoms with Gasteiger partial charge < -0.3 is 14.2 Å². The molecule has 1 aromatic carbocycles. The van der Waals surface area contributed by atoms with E-state index >= 15 is 0 Å². The molecule has 0 bridgehead atoms. The van der Waals surface area contributed by atoms with Gasteiger partial charge in [0, 0.05) is 36.9 Å². The monoisotopic (exact) mass is 341 g/mol. The first-order valence-electron chi connectivity index (χ1n) is 7.14. The van der Waals surface area contributed by atoms with E-state index in [1.165, 1.54) is 0 Å². The van der Waals surface area contributed by atoms with Crippen LogP contribution < -0.4 is 4.74 Å². The molecule has 0 aromatic heterocycles. The molecule has 0 unspecified atom stereocenters. The maximum atomic E-state index is 5.76. The van der Waals surface area contributed by atoms with E-state index in [1.807, 2.05) is 24.3 Å². The van der Waals surface area contributed by atoms with E-state index in [4.69, 9.17) is 14.2 Å². The van der Waals surface area contributed by atoms with Crippen LogP contribution in [-0.4, -0.2) is 50.1 Å². The highest BCUT2D eigenvalue weighted by Crippen LogP contribution is 2.31. The zero-order valence-corrected chi connectivity index (χ0v) is 13.1. The van der Waals surface area contributed by atoms with Crippen LogP contribution in [0.3, 0.4) is 0 Å². The number of likely N-dealkylation sites (tertiary alicyclic amines) is 1. The maximum absolute atomic E-state index is 5.76. The molecule has 1 spiro atoms. The number of piperidine rings is 1. The lowest BCUT2D eigenvalue weighted by atomic mass is 10.0. The van der Waals surface area contributed by atoms with Gasteiger partial charge in [0.25, 0.3) is 0 Å². The van der Waals surface area contributed by atoms with Crippen LogP contribution in [-0.2, 0) is 9.47 Å². The van der Waals surface area contributed by atoms with Crippen LogP contribution in [0.5, 0.6) is 5.75 Å². The summed E-state index contributed by atoms with van der Waals surface area (Å²) in [5, 5.41) is 0. The Kier molecular flexibility index (Phi) is 4.61. The number of benzene rings is 1. The summed E-state index contributed by atoms with van der Waals surface area (Å²) in [6.45, 7) is 5.19. The number of nitrogens with zero attached hydrogens (tertiary/aromatic N) is 1. The van der Waals surface area contributed by atoms with E-state index in [1.54, 1.807) is 0 Å². The molecule has 5 heteroatoms. The van der Waals surface area contributed by atoms with Gasteiger partial charge in [-0.1, -0.05) is 15.9 Å². The number of hydrogen-bond acceptors (Lipinski definition) is 4. The summed E-state index contributed by atoms with van der Waals surface area (Å²) in [6.07, 6.45) is 1.93. The first kappa shape index (κ1) is 14.3. The molecule has 0 N–H and O–H groups in total. The summed E-state index contributed by atoms with van der Waals surface area (Å²) >= 11 is 3.42. The van der Waals surface area contributed by atoms with Gasteiger partial charge in [0.15, 0.2) is 5.79 Å². The average Bonchev–Trinajstić information content (AvgIpc) is 2.92. The van der Waals surface area contributed by atoms with Gasteiger partial charge in [0.2, 0.25) is 0 Å². The fourth-order valence-corrected chi connectivity index (χ4v) is 2.99. The Morgan fingerprint density at radius 3 is 2.40 bits per heavy atom. The predicted octanol–water partition coefficient (Wildman–Crippen LogP) is 2.67. The minimum Gasteiger partial charge on any atom is -0.492 e. The molecular weight excluding hydrogens is 322 g/mol. The minimum absolute atomic E-state index is 0.275. The van der Waals surface area contributed by atoms with E-state index in [9.17, 15) is 0 Å². The Morgan fingerprint density at radius 1 is 1.10 bits per heavy atom. The lowest BCUT2D eigenvalue weighted by Gasteiger charge is -2.37. The van der Waals surface area contributed by atoms with Crippen LogP contribution in [0.1, 0.15) is 12.8 Å². The summed E-state index contributed by atoms with van der Waals surface area (Å²) < 4.78 is 18.3. The van der Waals surface area contributed by atoms with Crippen molar-refractivity contribution in [2.45, 2.75) is 18.6 Å². The third-order valence-corrected chi connectivity index (χ3v) is 4.45. The van der Waals surface area contributed by atoms with E-state index in [-0.39, 0.29) is 5.79 Å². The Bertz CT molecular complexity index is 421. The molecular formula is C15H20BrNO3. The highest BCUT2D eigenvalue weighted by molar-refractivity contribution is 9.10.